The van der Waals surface area contributed by atoms with Gasteiger partial charge in [-0.1, -0.05) is 41.5 Å². The summed E-state index contributed by atoms with van der Waals surface area (Å²) in [5.41, 5.74) is 0.801. The summed E-state index contributed by atoms with van der Waals surface area (Å²) in [6, 6.07) is 0.456. The molecule has 1 atom stereocenters. The number of hydrogen-bond donors (Lipinski definition) is 1. The fourth-order valence-electron chi connectivity index (χ4n) is 2.63. The predicted octanol–water partition coefficient (Wildman–Crippen LogP) is 4.00. The number of hydrogen-bond acceptors (Lipinski definition) is 2. The van der Waals surface area contributed by atoms with Gasteiger partial charge in [0.2, 0.25) is 0 Å². The Kier molecular flexibility index (Phi) is 5.67. The first kappa shape index (κ1) is 16.0. The van der Waals surface area contributed by atoms with Crippen molar-refractivity contribution in [1.82, 2.24) is 5.32 Å². The van der Waals surface area contributed by atoms with Crippen LogP contribution < -0.4 is 5.32 Å². The average molecular weight is 255 g/mol. The van der Waals surface area contributed by atoms with E-state index in [0.717, 1.165) is 13.2 Å². The second-order valence-electron chi connectivity index (χ2n) is 7.67. The highest BCUT2D eigenvalue weighted by Crippen LogP contribution is 2.36. The van der Waals surface area contributed by atoms with Crippen molar-refractivity contribution >= 4 is 0 Å². The molecule has 0 aromatic carbocycles. The van der Waals surface area contributed by atoms with Gasteiger partial charge in [0, 0.05) is 6.04 Å². The topological polar surface area (TPSA) is 21.3 Å². The lowest BCUT2D eigenvalue weighted by Crippen LogP contribution is -2.44. The van der Waals surface area contributed by atoms with E-state index in [4.69, 9.17) is 4.74 Å². The van der Waals surface area contributed by atoms with Crippen molar-refractivity contribution in [1.29, 1.82) is 0 Å². The lowest BCUT2D eigenvalue weighted by Gasteiger charge is -2.37. The lowest BCUT2D eigenvalue weighted by molar-refractivity contribution is -0.0187. The first-order valence-corrected chi connectivity index (χ1v) is 7.59. The molecule has 0 aromatic heterocycles. The van der Waals surface area contributed by atoms with Gasteiger partial charge < -0.3 is 10.1 Å². The average Bonchev–Trinajstić information content (AvgIpc) is 2.24. The third-order valence-electron chi connectivity index (χ3n) is 4.28. The maximum absolute atomic E-state index is 6.15. The molecule has 2 heteroatoms. The number of nitrogens with one attached hydrogen (secondary N) is 1. The van der Waals surface area contributed by atoms with Crippen LogP contribution in [0.1, 0.15) is 67.2 Å². The molecule has 0 radical (unpaired) electrons. The van der Waals surface area contributed by atoms with Crippen molar-refractivity contribution in [2.45, 2.75) is 79.4 Å². The summed E-state index contributed by atoms with van der Waals surface area (Å²) in [6.07, 6.45) is 5.56. The summed E-state index contributed by atoms with van der Waals surface area (Å²) < 4.78 is 6.15. The second kappa shape index (κ2) is 6.38. The highest BCUT2D eigenvalue weighted by atomic mass is 16.5. The van der Waals surface area contributed by atoms with Crippen molar-refractivity contribution < 1.29 is 4.74 Å². The van der Waals surface area contributed by atoms with Crippen molar-refractivity contribution in [2.24, 2.45) is 10.8 Å². The Balaban J connectivity index is 2.35. The van der Waals surface area contributed by atoms with E-state index in [2.05, 4.69) is 46.9 Å². The SMILES string of the molecule is CCNC(COC1CCC(C)(C)CC1)C(C)(C)C. The van der Waals surface area contributed by atoms with Crippen LogP contribution >= 0.6 is 0 Å². The summed E-state index contributed by atoms with van der Waals surface area (Å²) in [4.78, 5) is 0. The maximum Gasteiger partial charge on any atom is 0.0628 e. The van der Waals surface area contributed by atoms with E-state index in [0.29, 0.717) is 17.6 Å². The highest BCUT2D eigenvalue weighted by Gasteiger charge is 2.29. The molecule has 1 aliphatic rings. The fourth-order valence-corrected chi connectivity index (χ4v) is 2.63. The fraction of sp³-hybridized carbons (Fsp3) is 1.00. The van der Waals surface area contributed by atoms with Crippen LogP contribution in [0.25, 0.3) is 0 Å². The van der Waals surface area contributed by atoms with E-state index >= 15 is 0 Å². The molecule has 0 aromatic rings. The summed E-state index contributed by atoms with van der Waals surface area (Å²) in [6.45, 7) is 15.6. The first-order chi connectivity index (χ1) is 8.24. The normalized spacial score (nSPS) is 23.0. The zero-order chi connectivity index (χ0) is 13.8. The molecule has 0 amide bonds. The van der Waals surface area contributed by atoms with Crippen LogP contribution in [0.5, 0.6) is 0 Å². The minimum Gasteiger partial charge on any atom is -0.377 e. The van der Waals surface area contributed by atoms with Crippen LogP contribution in [0, 0.1) is 10.8 Å². The van der Waals surface area contributed by atoms with Gasteiger partial charge in [0.25, 0.3) is 0 Å². The Labute approximate surface area is 114 Å². The van der Waals surface area contributed by atoms with Crippen LogP contribution in [0.15, 0.2) is 0 Å². The highest BCUT2D eigenvalue weighted by molar-refractivity contribution is 4.82. The van der Waals surface area contributed by atoms with Crippen LogP contribution in [-0.4, -0.2) is 25.3 Å². The van der Waals surface area contributed by atoms with Gasteiger partial charge in [-0.3, -0.25) is 0 Å². The van der Waals surface area contributed by atoms with Gasteiger partial charge in [-0.15, -0.1) is 0 Å². The smallest absolute Gasteiger partial charge is 0.0628 e. The first-order valence-electron chi connectivity index (χ1n) is 7.59. The van der Waals surface area contributed by atoms with E-state index in [1.54, 1.807) is 0 Å². The van der Waals surface area contributed by atoms with Gasteiger partial charge in [-0.25, -0.2) is 0 Å². The molecular formula is C16H33NO. The third kappa shape index (κ3) is 5.27. The zero-order valence-corrected chi connectivity index (χ0v) is 13.3. The van der Waals surface area contributed by atoms with Gasteiger partial charge in [0.15, 0.2) is 0 Å². The van der Waals surface area contributed by atoms with E-state index in [1.807, 2.05) is 0 Å². The van der Waals surface area contributed by atoms with Gasteiger partial charge in [0.05, 0.1) is 12.7 Å². The Hall–Kier alpha value is -0.0800. The van der Waals surface area contributed by atoms with E-state index < -0.39 is 0 Å². The van der Waals surface area contributed by atoms with Gasteiger partial charge in [0.1, 0.15) is 0 Å². The molecule has 1 rings (SSSR count). The van der Waals surface area contributed by atoms with Crippen LogP contribution in [0.4, 0.5) is 0 Å². The zero-order valence-electron chi connectivity index (χ0n) is 13.3. The Morgan fingerprint density at radius 3 is 2.22 bits per heavy atom. The van der Waals surface area contributed by atoms with Crippen molar-refractivity contribution in [3.05, 3.63) is 0 Å². The van der Waals surface area contributed by atoms with Crippen LogP contribution in [0.2, 0.25) is 0 Å². The second-order valence-corrected chi connectivity index (χ2v) is 7.67. The molecule has 0 spiro atoms. The lowest BCUT2D eigenvalue weighted by atomic mass is 9.76. The van der Waals surface area contributed by atoms with Crippen molar-refractivity contribution in [2.75, 3.05) is 13.2 Å². The summed E-state index contributed by atoms with van der Waals surface area (Å²) in [7, 11) is 0. The standard InChI is InChI=1S/C16H33NO/c1-7-17-14(15(2,3)4)12-18-13-8-10-16(5,6)11-9-13/h13-14,17H,7-12H2,1-6H3. The predicted molar refractivity (Wildman–Crippen MR) is 78.9 cm³/mol. The molecule has 1 fully saturated rings. The third-order valence-corrected chi connectivity index (χ3v) is 4.28. The molecule has 0 bridgehead atoms. The molecule has 1 aliphatic carbocycles. The monoisotopic (exact) mass is 255 g/mol. The molecule has 18 heavy (non-hydrogen) atoms. The Morgan fingerprint density at radius 1 is 1.22 bits per heavy atom. The van der Waals surface area contributed by atoms with Gasteiger partial charge in [-0.2, -0.15) is 0 Å². The molecule has 1 N–H and O–H groups in total. The molecule has 2 nitrogen and oxygen atoms in total. The quantitative estimate of drug-likeness (QED) is 0.802. The van der Waals surface area contributed by atoms with Crippen molar-refractivity contribution in [3.8, 4) is 0 Å². The molecular weight excluding hydrogens is 222 g/mol. The Bertz CT molecular complexity index is 232. The minimum absolute atomic E-state index is 0.268. The largest absolute Gasteiger partial charge is 0.377 e. The van der Waals surface area contributed by atoms with E-state index in [9.17, 15) is 0 Å². The summed E-state index contributed by atoms with van der Waals surface area (Å²) >= 11 is 0. The summed E-state index contributed by atoms with van der Waals surface area (Å²) in [5, 5.41) is 3.55. The van der Waals surface area contributed by atoms with Gasteiger partial charge in [-0.05, 0) is 43.1 Å². The van der Waals surface area contributed by atoms with E-state index in [1.165, 1.54) is 25.7 Å². The number of rotatable bonds is 5. The van der Waals surface area contributed by atoms with Crippen LogP contribution in [0.3, 0.4) is 0 Å². The van der Waals surface area contributed by atoms with Crippen LogP contribution in [-0.2, 0) is 4.74 Å². The number of ether oxygens (including phenoxy) is 1. The molecule has 1 unspecified atom stereocenters. The molecule has 0 aliphatic heterocycles. The van der Waals surface area contributed by atoms with Gasteiger partial charge >= 0.3 is 0 Å². The maximum atomic E-state index is 6.15. The minimum atomic E-state index is 0.268. The van der Waals surface area contributed by atoms with E-state index in [-0.39, 0.29) is 5.41 Å². The number of likely N-dealkylation sites (N-methyl/N-ethyl adjacent to an activating group) is 1. The summed E-state index contributed by atoms with van der Waals surface area (Å²) in [5.74, 6) is 0. The molecule has 1 saturated carbocycles. The molecule has 108 valence electrons. The molecule has 0 heterocycles. The Morgan fingerprint density at radius 2 is 1.78 bits per heavy atom. The molecule has 0 saturated heterocycles. The van der Waals surface area contributed by atoms with Crippen molar-refractivity contribution in [3.63, 3.8) is 0 Å².